The van der Waals surface area contributed by atoms with E-state index in [0.717, 1.165) is 10.4 Å². The summed E-state index contributed by atoms with van der Waals surface area (Å²) < 4.78 is 0. The molecule has 0 amide bonds. The number of aryl methyl sites for hydroxylation is 1. The summed E-state index contributed by atoms with van der Waals surface area (Å²) in [5.41, 5.74) is -0.112. The highest BCUT2D eigenvalue weighted by atomic mass is 32.1. The Bertz CT molecular complexity index is 448. The van der Waals surface area contributed by atoms with Crippen molar-refractivity contribution < 1.29 is 5.11 Å². The second-order valence-corrected chi connectivity index (χ2v) is 5.01. The van der Waals surface area contributed by atoms with E-state index in [1.807, 2.05) is 31.2 Å². The van der Waals surface area contributed by atoms with Crippen LogP contribution in [-0.4, -0.2) is 10.1 Å². The number of rotatable bonds is 2. The van der Waals surface area contributed by atoms with E-state index in [2.05, 4.69) is 4.98 Å². The Morgan fingerprint density at radius 3 is 2.67 bits per heavy atom. The van der Waals surface area contributed by atoms with E-state index >= 15 is 0 Å². The third-order valence-electron chi connectivity index (χ3n) is 2.44. The molecule has 1 N–H and O–H groups in total. The molecule has 2 aromatic rings. The fourth-order valence-corrected chi connectivity index (χ4v) is 2.42. The molecule has 1 atom stereocenters. The Labute approximate surface area is 93.2 Å². The van der Waals surface area contributed by atoms with Crippen molar-refractivity contribution in [3.05, 3.63) is 52.0 Å². The SMILES string of the molecule is Cc1ccc(C(C)(O)c2cccnc2)s1. The topological polar surface area (TPSA) is 33.1 Å². The molecule has 0 fully saturated rings. The molecule has 0 aliphatic carbocycles. The van der Waals surface area contributed by atoms with Crippen molar-refractivity contribution in [1.82, 2.24) is 4.98 Å². The summed E-state index contributed by atoms with van der Waals surface area (Å²) in [5.74, 6) is 0. The first-order valence-corrected chi connectivity index (χ1v) is 5.62. The summed E-state index contributed by atoms with van der Waals surface area (Å²) in [6.07, 6.45) is 3.41. The summed E-state index contributed by atoms with van der Waals surface area (Å²) in [5, 5.41) is 10.4. The van der Waals surface area contributed by atoms with Crippen molar-refractivity contribution >= 4 is 11.3 Å². The second kappa shape index (κ2) is 3.76. The predicted octanol–water partition coefficient (Wildman–Crippen LogP) is 2.71. The maximum absolute atomic E-state index is 10.4. The quantitative estimate of drug-likeness (QED) is 0.842. The summed E-state index contributed by atoms with van der Waals surface area (Å²) in [6.45, 7) is 3.84. The normalized spacial score (nSPS) is 14.9. The lowest BCUT2D eigenvalue weighted by Crippen LogP contribution is -2.21. The summed E-state index contributed by atoms with van der Waals surface area (Å²) in [4.78, 5) is 6.18. The maximum Gasteiger partial charge on any atom is 0.122 e. The van der Waals surface area contributed by atoms with Crippen molar-refractivity contribution in [2.24, 2.45) is 0 Å². The van der Waals surface area contributed by atoms with Gasteiger partial charge in [-0.3, -0.25) is 4.98 Å². The van der Waals surface area contributed by atoms with E-state index in [9.17, 15) is 5.11 Å². The molecule has 0 saturated heterocycles. The van der Waals surface area contributed by atoms with E-state index in [4.69, 9.17) is 0 Å². The van der Waals surface area contributed by atoms with Gasteiger partial charge in [0.25, 0.3) is 0 Å². The van der Waals surface area contributed by atoms with E-state index < -0.39 is 5.60 Å². The lowest BCUT2D eigenvalue weighted by atomic mass is 9.96. The number of aromatic nitrogens is 1. The van der Waals surface area contributed by atoms with Crippen LogP contribution in [0.3, 0.4) is 0 Å². The molecule has 78 valence electrons. The van der Waals surface area contributed by atoms with E-state index in [1.54, 1.807) is 30.7 Å². The molecule has 1 unspecified atom stereocenters. The van der Waals surface area contributed by atoms with Crippen LogP contribution in [0.4, 0.5) is 0 Å². The van der Waals surface area contributed by atoms with Gasteiger partial charge < -0.3 is 5.11 Å². The highest BCUT2D eigenvalue weighted by molar-refractivity contribution is 7.12. The number of thiophene rings is 1. The molecule has 2 heterocycles. The molecule has 0 bridgehead atoms. The Kier molecular flexibility index (Phi) is 2.59. The minimum absolute atomic E-state index is 0.826. The zero-order valence-electron chi connectivity index (χ0n) is 8.77. The number of hydrogen-bond donors (Lipinski definition) is 1. The van der Waals surface area contributed by atoms with Crippen LogP contribution in [0, 0.1) is 6.92 Å². The molecule has 0 aromatic carbocycles. The molecule has 0 radical (unpaired) electrons. The number of hydrogen-bond acceptors (Lipinski definition) is 3. The molecular formula is C12H13NOS. The van der Waals surface area contributed by atoms with Crippen LogP contribution < -0.4 is 0 Å². The van der Waals surface area contributed by atoms with Crippen LogP contribution >= 0.6 is 11.3 Å². The molecule has 0 aliphatic rings. The zero-order chi connectivity index (χ0) is 10.9. The highest BCUT2D eigenvalue weighted by Gasteiger charge is 2.27. The third-order valence-corrected chi connectivity index (χ3v) is 3.66. The van der Waals surface area contributed by atoms with Crippen LogP contribution in [0.2, 0.25) is 0 Å². The Hall–Kier alpha value is -1.19. The highest BCUT2D eigenvalue weighted by Crippen LogP contribution is 2.33. The van der Waals surface area contributed by atoms with Gasteiger partial charge in [-0.25, -0.2) is 0 Å². The molecule has 2 rings (SSSR count). The minimum atomic E-state index is -0.937. The fourth-order valence-electron chi connectivity index (χ4n) is 1.49. The van der Waals surface area contributed by atoms with Crippen LogP contribution in [0.1, 0.15) is 22.2 Å². The van der Waals surface area contributed by atoms with E-state index in [1.165, 1.54) is 4.88 Å². The average Bonchev–Trinajstić information content (AvgIpc) is 2.67. The predicted molar refractivity (Wildman–Crippen MR) is 62.0 cm³/mol. The molecule has 2 aromatic heterocycles. The first-order valence-electron chi connectivity index (χ1n) is 4.80. The second-order valence-electron chi connectivity index (χ2n) is 3.72. The monoisotopic (exact) mass is 219 g/mol. The smallest absolute Gasteiger partial charge is 0.122 e. The summed E-state index contributed by atoms with van der Waals surface area (Å²) in [7, 11) is 0. The Morgan fingerprint density at radius 1 is 1.33 bits per heavy atom. The molecular weight excluding hydrogens is 206 g/mol. The molecule has 0 aliphatic heterocycles. The first-order chi connectivity index (χ1) is 7.10. The van der Waals surface area contributed by atoms with E-state index in [0.29, 0.717) is 0 Å². The molecule has 15 heavy (non-hydrogen) atoms. The van der Waals surface area contributed by atoms with Crippen LogP contribution in [0.25, 0.3) is 0 Å². The van der Waals surface area contributed by atoms with Gasteiger partial charge in [0.15, 0.2) is 0 Å². The average molecular weight is 219 g/mol. The van der Waals surface area contributed by atoms with Crippen LogP contribution in [0.5, 0.6) is 0 Å². The van der Waals surface area contributed by atoms with Gasteiger partial charge in [0.1, 0.15) is 5.60 Å². The standard InChI is InChI=1S/C12H13NOS/c1-9-5-6-11(15-9)12(2,14)10-4-3-7-13-8-10/h3-8,14H,1-2H3. The molecule has 0 saturated carbocycles. The number of pyridine rings is 1. The Morgan fingerprint density at radius 2 is 2.13 bits per heavy atom. The zero-order valence-corrected chi connectivity index (χ0v) is 9.58. The van der Waals surface area contributed by atoms with Gasteiger partial charge in [-0.1, -0.05) is 6.07 Å². The van der Waals surface area contributed by atoms with Gasteiger partial charge in [0.2, 0.25) is 0 Å². The van der Waals surface area contributed by atoms with Crippen molar-refractivity contribution in [2.75, 3.05) is 0 Å². The van der Waals surface area contributed by atoms with Gasteiger partial charge in [-0.2, -0.15) is 0 Å². The van der Waals surface area contributed by atoms with Gasteiger partial charge in [0, 0.05) is 27.7 Å². The maximum atomic E-state index is 10.4. The van der Waals surface area contributed by atoms with E-state index in [-0.39, 0.29) is 0 Å². The first kappa shape index (κ1) is 10.3. The van der Waals surface area contributed by atoms with Crippen molar-refractivity contribution in [1.29, 1.82) is 0 Å². The number of nitrogens with zero attached hydrogens (tertiary/aromatic N) is 1. The van der Waals surface area contributed by atoms with Crippen molar-refractivity contribution in [3.63, 3.8) is 0 Å². The van der Waals surface area contributed by atoms with Gasteiger partial charge in [-0.15, -0.1) is 11.3 Å². The molecule has 0 spiro atoms. The fraction of sp³-hybridized carbons (Fsp3) is 0.250. The van der Waals surface area contributed by atoms with Crippen LogP contribution in [0.15, 0.2) is 36.7 Å². The van der Waals surface area contributed by atoms with Gasteiger partial charge >= 0.3 is 0 Å². The summed E-state index contributed by atoms with van der Waals surface area (Å²) >= 11 is 1.61. The Balaban J connectivity index is 2.43. The lowest BCUT2D eigenvalue weighted by Gasteiger charge is -2.21. The number of aliphatic hydroxyl groups is 1. The van der Waals surface area contributed by atoms with Crippen molar-refractivity contribution in [2.45, 2.75) is 19.4 Å². The summed E-state index contributed by atoms with van der Waals surface area (Å²) in [6, 6.07) is 7.71. The third kappa shape index (κ3) is 1.94. The van der Waals surface area contributed by atoms with Crippen LogP contribution in [-0.2, 0) is 5.60 Å². The minimum Gasteiger partial charge on any atom is -0.380 e. The van der Waals surface area contributed by atoms with Gasteiger partial charge in [0.05, 0.1) is 0 Å². The van der Waals surface area contributed by atoms with Crippen molar-refractivity contribution in [3.8, 4) is 0 Å². The lowest BCUT2D eigenvalue weighted by molar-refractivity contribution is 0.106. The molecule has 2 nitrogen and oxygen atoms in total. The largest absolute Gasteiger partial charge is 0.380 e. The van der Waals surface area contributed by atoms with Gasteiger partial charge in [-0.05, 0) is 32.0 Å². The molecule has 3 heteroatoms.